The summed E-state index contributed by atoms with van der Waals surface area (Å²) < 4.78 is 0. The van der Waals surface area contributed by atoms with Gasteiger partial charge in [-0.1, -0.05) is 68.4 Å². The zero-order chi connectivity index (χ0) is 26.1. The lowest BCUT2D eigenvalue weighted by Gasteiger charge is -2.27. The number of benzene rings is 2. The summed E-state index contributed by atoms with van der Waals surface area (Å²) in [6, 6.07) is 20.5. The topological polar surface area (TPSA) is 83.4 Å². The number of amides is 1. The predicted molar refractivity (Wildman–Crippen MR) is 144 cm³/mol. The molecule has 0 saturated carbocycles. The summed E-state index contributed by atoms with van der Waals surface area (Å²) >= 11 is 1.28. The third kappa shape index (κ3) is 4.70. The predicted octanol–water partition coefficient (Wildman–Crippen LogP) is 6.42. The van der Waals surface area contributed by atoms with Crippen molar-refractivity contribution in [3.63, 3.8) is 0 Å². The Labute approximate surface area is 220 Å². The number of ketones is 1. The molecule has 1 aliphatic rings. The molecule has 1 aliphatic heterocycles. The second-order valence-corrected chi connectivity index (χ2v) is 10.4. The van der Waals surface area contributed by atoms with Crippen LogP contribution in [0.2, 0.25) is 0 Å². The minimum absolute atomic E-state index is 0.0858. The summed E-state index contributed by atoms with van der Waals surface area (Å²) in [7, 11) is 0. The fourth-order valence-corrected chi connectivity index (χ4v) is 5.60. The average Bonchev–Trinajstić information content (AvgIpc) is 3.42. The van der Waals surface area contributed by atoms with Gasteiger partial charge in [0.25, 0.3) is 5.91 Å². The van der Waals surface area contributed by atoms with E-state index in [0.717, 1.165) is 27.3 Å². The molecule has 4 aromatic rings. The van der Waals surface area contributed by atoms with E-state index < -0.39 is 17.7 Å². The van der Waals surface area contributed by atoms with Crippen molar-refractivity contribution in [3.8, 4) is 10.6 Å². The molecule has 0 saturated heterocycles. The molecule has 37 heavy (non-hydrogen) atoms. The molecule has 1 unspecified atom stereocenters. The molecule has 2 aromatic carbocycles. The van der Waals surface area contributed by atoms with E-state index in [1.807, 2.05) is 66.7 Å². The maximum atomic E-state index is 14.0. The van der Waals surface area contributed by atoms with Crippen molar-refractivity contribution < 1.29 is 14.7 Å². The Balaban J connectivity index is 1.58. The van der Waals surface area contributed by atoms with Gasteiger partial charge in [-0.25, -0.2) is 4.98 Å². The molecule has 5 rings (SSSR count). The highest BCUT2D eigenvalue weighted by Gasteiger charge is 2.44. The third-order valence-electron chi connectivity index (χ3n) is 6.59. The molecule has 0 radical (unpaired) electrons. The molecule has 6 nitrogen and oxygen atoms in total. The monoisotopic (exact) mass is 509 g/mol. The second-order valence-electron chi connectivity index (χ2n) is 9.40. The number of nitrogens with zero attached hydrogens (tertiary/aromatic N) is 3. The first-order valence-electron chi connectivity index (χ1n) is 12.2. The van der Waals surface area contributed by atoms with E-state index in [9.17, 15) is 14.7 Å². The van der Waals surface area contributed by atoms with Crippen molar-refractivity contribution in [2.45, 2.75) is 39.3 Å². The van der Waals surface area contributed by atoms with E-state index in [1.54, 1.807) is 24.2 Å². The van der Waals surface area contributed by atoms with Crippen LogP contribution >= 0.6 is 11.3 Å². The van der Waals surface area contributed by atoms with Crippen LogP contribution in [0.5, 0.6) is 0 Å². The van der Waals surface area contributed by atoms with Crippen LogP contribution in [0.15, 0.2) is 90.5 Å². The number of aliphatic hydroxyl groups excluding tert-OH is 1. The van der Waals surface area contributed by atoms with Crippen molar-refractivity contribution in [2.75, 3.05) is 0 Å². The number of Topliss-reactive ketones (excluding diaryl/α,β-unsaturated/α-hetero) is 1. The van der Waals surface area contributed by atoms with Crippen molar-refractivity contribution in [1.29, 1.82) is 0 Å². The number of carbonyl (C=O) groups is 2. The number of carbonyl (C=O) groups excluding carboxylic acids is 2. The zero-order valence-electron chi connectivity index (χ0n) is 20.9. The Morgan fingerprint density at radius 3 is 2.35 bits per heavy atom. The van der Waals surface area contributed by atoms with Crippen LogP contribution in [0, 0.1) is 6.92 Å². The van der Waals surface area contributed by atoms with Gasteiger partial charge < -0.3 is 10.0 Å². The van der Waals surface area contributed by atoms with E-state index in [1.165, 1.54) is 11.3 Å². The molecular weight excluding hydrogens is 482 g/mol. The lowest BCUT2D eigenvalue weighted by atomic mass is 9.92. The van der Waals surface area contributed by atoms with Crippen molar-refractivity contribution in [1.82, 2.24) is 14.9 Å². The number of thiazole rings is 1. The van der Waals surface area contributed by atoms with Gasteiger partial charge >= 0.3 is 0 Å². The van der Waals surface area contributed by atoms with Gasteiger partial charge in [-0.3, -0.25) is 14.6 Å². The summed E-state index contributed by atoms with van der Waals surface area (Å²) in [6.07, 6.45) is 3.32. The number of aryl methyl sites for hydroxylation is 1. The minimum atomic E-state index is -0.726. The van der Waals surface area contributed by atoms with E-state index in [2.05, 4.69) is 23.8 Å². The van der Waals surface area contributed by atoms with Gasteiger partial charge in [0.15, 0.2) is 5.76 Å². The molecule has 0 bridgehead atoms. The molecule has 1 N–H and O–H groups in total. The molecule has 2 aromatic heterocycles. The highest BCUT2D eigenvalue weighted by Crippen LogP contribution is 2.42. The second kappa shape index (κ2) is 10.1. The molecule has 3 heterocycles. The SMILES string of the molecule is Cc1nc(-c2ccccc2)sc1C(=O)C1=C(O)C(=O)N(Cc2ccncc2)C1c1ccc(C(C)C)cc1. The van der Waals surface area contributed by atoms with Gasteiger partial charge in [0.05, 0.1) is 22.2 Å². The van der Waals surface area contributed by atoms with Gasteiger partial charge in [-0.05, 0) is 41.7 Å². The van der Waals surface area contributed by atoms with Crippen LogP contribution in [-0.2, 0) is 11.3 Å². The van der Waals surface area contributed by atoms with Crippen LogP contribution in [0.3, 0.4) is 0 Å². The Morgan fingerprint density at radius 1 is 1.03 bits per heavy atom. The van der Waals surface area contributed by atoms with Crippen LogP contribution < -0.4 is 0 Å². The number of hydrogen-bond donors (Lipinski definition) is 1. The maximum absolute atomic E-state index is 14.0. The molecular formula is C30H27N3O3S. The summed E-state index contributed by atoms with van der Waals surface area (Å²) in [5.41, 5.74) is 4.35. The smallest absolute Gasteiger partial charge is 0.290 e. The van der Waals surface area contributed by atoms with E-state index in [4.69, 9.17) is 0 Å². The minimum Gasteiger partial charge on any atom is -0.503 e. The average molecular weight is 510 g/mol. The fourth-order valence-electron chi connectivity index (χ4n) is 4.58. The van der Waals surface area contributed by atoms with Crippen molar-refractivity contribution in [2.24, 2.45) is 0 Å². The summed E-state index contributed by atoms with van der Waals surface area (Å²) in [5, 5.41) is 11.8. The summed E-state index contributed by atoms with van der Waals surface area (Å²) in [4.78, 5) is 38.0. The van der Waals surface area contributed by atoms with Gasteiger partial charge in [0, 0.05) is 24.5 Å². The molecule has 7 heteroatoms. The van der Waals surface area contributed by atoms with Gasteiger partial charge in [0.2, 0.25) is 5.78 Å². The number of hydrogen-bond acceptors (Lipinski definition) is 6. The van der Waals surface area contributed by atoms with E-state index in [-0.39, 0.29) is 17.9 Å². The third-order valence-corrected chi connectivity index (χ3v) is 7.80. The highest BCUT2D eigenvalue weighted by atomic mass is 32.1. The van der Waals surface area contributed by atoms with Crippen molar-refractivity contribution >= 4 is 23.0 Å². The largest absolute Gasteiger partial charge is 0.503 e. The summed E-state index contributed by atoms with van der Waals surface area (Å²) in [5.74, 6) is -1.11. The normalized spacial score (nSPS) is 15.6. The first kappa shape index (κ1) is 24.6. The molecule has 0 spiro atoms. The zero-order valence-corrected chi connectivity index (χ0v) is 21.7. The van der Waals surface area contributed by atoms with E-state index in [0.29, 0.717) is 16.5 Å². The Hall–Kier alpha value is -4.10. The number of rotatable bonds is 7. The quantitative estimate of drug-likeness (QED) is 0.291. The standard InChI is InChI=1S/C30H27N3O3S/c1-18(2)21-9-11-22(12-10-21)25-24(27(35)30(36)33(25)17-20-13-15-31-16-14-20)26(34)28-19(3)32-29(37-28)23-7-5-4-6-8-23/h4-16,18,25,35H,17H2,1-3H3. The molecule has 186 valence electrons. The number of aliphatic hydroxyl groups is 1. The number of pyridine rings is 1. The highest BCUT2D eigenvalue weighted by molar-refractivity contribution is 7.17. The van der Waals surface area contributed by atoms with E-state index >= 15 is 0 Å². The lowest BCUT2D eigenvalue weighted by Crippen LogP contribution is -2.30. The number of aromatic nitrogens is 2. The Kier molecular flexibility index (Phi) is 6.72. The molecule has 0 aliphatic carbocycles. The first-order chi connectivity index (χ1) is 17.8. The molecule has 0 fully saturated rings. The van der Waals surface area contributed by atoms with Crippen LogP contribution in [0.25, 0.3) is 10.6 Å². The van der Waals surface area contributed by atoms with Gasteiger partial charge in [-0.15, -0.1) is 11.3 Å². The molecule has 1 atom stereocenters. The van der Waals surface area contributed by atoms with Crippen LogP contribution in [-0.4, -0.2) is 31.7 Å². The first-order valence-corrected chi connectivity index (χ1v) is 13.0. The maximum Gasteiger partial charge on any atom is 0.290 e. The van der Waals surface area contributed by atoms with Gasteiger partial charge in [0.1, 0.15) is 5.01 Å². The van der Waals surface area contributed by atoms with Gasteiger partial charge in [-0.2, -0.15) is 0 Å². The fraction of sp³-hybridized carbons (Fsp3) is 0.200. The summed E-state index contributed by atoms with van der Waals surface area (Å²) in [6.45, 7) is 6.24. The molecule has 1 amide bonds. The van der Waals surface area contributed by atoms with Crippen LogP contribution in [0.1, 0.15) is 57.9 Å². The Bertz CT molecular complexity index is 1480. The Morgan fingerprint density at radius 2 is 1.70 bits per heavy atom. The lowest BCUT2D eigenvalue weighted by molar-refractivity contribution is -0.130. The van der Waals surface area contributed by atoms with Crippen molar-refractivity contribution in [3.05, 3.63) is 118 Å². The van der Waals surface area contributed by atoms with Crippen LogP contribution in [0.4, 0.5) is 0 Å².